The highest BCUT2D eigenvalue weighted by Gasteiger charge is 2.34. The molecular weight excluding hydrogens is 200 g/mol. The number of nitrogens with zero attached hydrogens (tertiary/aromatic N) is 1. The minimum atomic E-state index is -0.764. The molecule has 0 aliphatic carbocycles. The Morgan fingerprint density at radius 3 is 2.31 bits per heavy atom. The van der Waals surface area contributed by atoms with E-state index in [9.17, 15) is 5.11 Å². The van der Waals surface area contributed by atoms with Gasteiger partial charge in [-0.05, 0) is 30.9 Å². The summed E-state index contributed by atoms with van der Waals surface area (Å²) in [6.45, 7) is 10.4. The third kappa shape index (κ3) is 3.20. The van der Waals surface area contributed by atoms with Crippen molar-refractivity contribution in [2.45, 2.75) is 40.2 Å². The maximum atomic E-state index is 10.3. The Morgan fingerprint density at radius 2 is 1.88 bits per heavy atom. The second-order valence-electron chi connectivity index (χ2n) is 5.60. The molecule has 1 atom stereocenters. The van der Waals surface area contributed by atoms with Gasteiger partial charge in [0.1, 0.15) is 5.82 Å². The van der Waals surface area contributed by atoms with Crippen LogP contribution in [-0.4, -0.2) is 22.2 Å². The molecule has 0 aliphatic heterocycles. The first-order chi connectivity index (χ1) is 7.22. The van der Waals surface area contributed by atoms with Gasteiger partial charge in [0.2, 0.25) is 0 Å². The highest BCUT2D eigenvalue weighted by atomic mass is 16.3. The molecular formula is C13H22N2O. The van der Waals surface area contributed by atoms with Crippen LogP contribution in [0.4, 0.5) is 5.82 Å². The normalized spacial score (nSPS) is 15.6. The van der Waals surface area contributed by atoms with Gasteiger partial charge in [0.05, 0.1) is 5.60 Å². The summed E-state index contributed by atoms with van der Waals surface area (Å²) in [6.07, 6.45) is 1.81. The molecule has 0 aromatic carbocycles. The van der Waals surface area contributed by atoms with Crippen LogP contribution in [0.3, 0.4) is 0 Å². The van der Waals surface area contributed by atoms with E-state index in [-0.39, 0.29) is 5.41 Å². The van der Waals surface area contributed by atoms with Crippen molar-refractivity contribution in [1.82, 2.24) is 4.98 Å². The Labute approximate surface area is 97.9 Å². The van der Waals surface area contributed by atoms with Crippen LogP contribution >= 0.6 is 0 Å². The van der Waals surface area contributed by atoms with Crippen molar-refractivity contribution in [1.29, 1.82) is 0 Å². The number of hydrogen-bond acceptors (Lipinski definition) is 3. The predicted molar refractivity (Wildman–Crippen MR) is 67.5 cm³/mol. The number of rotatable bonds is 3. The average molecular weight is 222 g/mol. The smallest absolute Gasteiger partial charge is 0.125 e. The third-order valence-electron chi connectivity index (χ3n) is 3.14. The first-order valence-corrected chi connectivity index (χ1v) is 5.61. The minimum Gasteiger partial charge on any atom is -0.388 e. The van der Waals surface area contributed by atoms with Crippen LogP contribution in [0.25, 0.3) is 0 Å². The van der Waals surface area contributed by atoms with Crippen LogP contribution in [-0.2, 0) is 0 Å². The Morgan fingerprint density at radius 1 is 1.25 bits per heavy atom. The van der Waals surface area contributed by atoms with Crippen LogP contribution < -0.4 is 5.32 Å². The highest BCUT2D eigenvalue weighted by Crippen LogP contribution is 2.29. The van der Waals surface area contributed by atoms with E-state index >= 15 is 0 Å². The van der Waals surface area contributed by atoms with E-state index in [0.717, 1.165) is 11.4 Å². The van der Waals surface area contributed by atoms with Crippen molar-refractivity contribution in [3.05, 3.63) is 23.9 Å². The lowest BCUT2D eigenvalue weighted by atomic mass is 9.78. The number of hydrogen-bond donors (Lipinski definition) is 2. The molecule has 1 rings (SSSR count). The van der Waals surface area contributed by atoms with Crippen LogP contribution in [0.15, 0.2) is 18.3 Å². The fourth-order valence-corrected chi connectivity index (χ4v) is 1.10. The Hall–Kier alpha value is -1.09. The van der Waals surface area contributed by atoms with Gasteiger partial charge in [-0.3, -0.25) is 0 Å². The molecule has 16 heavy (non-hydrogen) atoms. The van der Waals surface area contributed by atoms with Crippen molar-refractivity contribution in [2.75, 3.05) is 11.9 Å². The fourth-order valence-electron chi connectivity index (χ4n) is 1.10. The zero-order valence-electron chi connectivity index (χ0n) is 10.8. The van der Waals surface area contributed by atoms with Crippen LogP contribution in [0, 0.1) is 12.3 Å². The zero-order valence-corrected chi connectivity index (χ0v) is 10.8. The lowest BCUT2D eigenvalue weighted by Crippen LogP contribution is -2.45. The Bertz CT molecular complexity index is 336. The molecule has 0 saturated heterocycles. The molecule has 0 aliphatic rings. The molecule has 0 saturated carbocycles. The van der Waals surface area contributed by atoms with Crippen LogP contribution in [0.1, 0.15) is 33.3 Å². The van der Waals surface area contributed by atoms with Gasteiger partial charge in [-0.1, -0.05) is 26.8 Å². The van der Waals surface area contributed by atoms with E-state index in [4.69, 9.17) is 0 Å². The lowest BCUT2D eigenvalue weighted by Gasteiger charge is -2.37. The molecule has 0 fully saturated rings. The van der Waals surface area contributed by atoms with Crippen LogP contribution in [0.5, 0.6) is 0 Å². The first kappa shape index (κ1) is 13.0. The largest absolute Gasteiger partial charge is 0.388 e. The molecule has 3 heteroatoms. The molecule has 1 aromatic rings. The van der Waals surface area contributed by atoms with E-state index in [1.54, 1.807) is 0 Å². The number of aromatic nitrogens is 1. The molecule has 0 spiro atoms. The zero-order chi connectivity index (χ0) is 12.4. The van der Waals surface area contributed by atoms with E-state index < -0.39 is 5.60 Å². The monoisotopic (exact) mass is 222 g/mol. The van der Waals surface area contributed by atoms with Crippen molar-refractivity contribution in [3.8, 4) is 0 Å². The molecule has 0 bridgehead atoms. The maximum Gasteiger partial charge on any atom is 0.125 e. The lowest BCUT2D eigenvalue weighted by molar-refractivity contribution is -0.0290. The fraction of sp³-hybridized carbons (Fsp3) is 0.615. The summed E-state index contributed by atoms with van der Waals surface area (Å²) < 4.78 is 0. The van der Waals surface area contributed by atoms with Crippen LogP contribution in [0.2, 0.25) is 0 Å². The standard InChI is InChI=1S/C13H22N2O/c1-10-6-7-11(14-8-10)15-9-13(5,16)12(2,3)4/h6-8,16H,9H2,1-5H3,(H,14,15). The maximum absolute atomic E-state index is 10.3. The molecule has 1 aromatic heterocycles. The molecule has 1 unspecified atom stereocenters. The first-order valence-electron chi connectivity index (χ1n) is 5.61. The summed E-state index contributed by atoms with van der Waals surface area (Å²) in [6, 6.07) is 3.93. The predicted octanol–water partition coefficient (Wildman–Crippen LogP) is 2.60. The highest BCUT2D eigenvalue weighted by molar-refractivity contribution is 5.35. The van der Waals surface area contributed by atoms with Gasteiger partial charge in [0.25, 0.3) is 0 Å². The van der Waals surface area contributed by atoms with Gasteiger partial charge in [-0.15, -0.1) is 0 Å². The van der Waals surface area contributed by atoms with E-state index in [2.05, 4.69) is 10.3 Å². The summed E-state index contributed by atoms with van der Waals surface area (Å²) in [5.74, 6) is 0.801. The van der Waals surface area contributed by atoms with Gasteiger partial charge in [0.15, 0.2) is 0 Å². The summed E-state index contributed by atoms with van der Waals surface area (Å²) in [5, 5.41) is 13.4. The van der Waals surface area contributed by atoms with Gasteiger partial charge in [0, 0.05) is 12.7 Å². The number of anilines is 1. The third-order valence-corrected chi connectivity index (χ3v) is 3.14. The number of aliphatic hydroxyl groups is 1. The van der Waals surface area contributed by atoms with E-state index in [0.29, 0.717) is 6.54 Å². The van der Waals surface area contributed by atoms with Crippen molar-refractivity contribution < 1.29 is 5.11 Å². The van der Waals surface area contributed by atoms with Gasteiger partial charge >= 0.3 is 0 Å². The van der Waals surface area contributed by atoms with Gasteiger partial charge in [-0.2, -0.15) is 0 Å². The molecule has 0 amide bonds. The topological polar surface area (TPSA) is 45.1 Å². The average Bonchev–Trinajstić information content (AvgIpc) is 2.15. The molecule has 1 heterocycles. The van der Waals surface area contributed by atoms with Crippen molar-refractivity contribution in [3.63, 3.8) is 0 Å². The van der Waals surface area contributed by atoms with Gasteiger partial charge < -0.3 is 10.4 Å². The number of nitrogens with one attached hydrogen (secondary N) is 1. The minimum absolute atomic E-state index is 0.162. The quantitative estimate of drug-likeness (QED) is 0.826. The summed E-state index contributed by atoms with van der Waals surface area (Å²) in [7, 11) is 0. The van der Waals surface area contributed by atoms with E-state index in [1.165, 1.54) is 0 Å². The second kappa shape index (κ2) is 4.42. The molecule has 3 nitrogen and oxygen atoms in total. The SMILES string of the molecule is Cc1ccc(NCC(C)(O)C(C)(C)C)nc1. The molecule has 90 valence electrons. The van der Waals surface area contributed by atoms with Gasteiger partial charge in [-0.25, -0.2) is 4.98 Å². The Balaban J connectivity index is 2.61. The molecule has 0 radical (unpaired) electrons. The summed E-state index contributed by atoms with van der Waals surface area (Å²) >= 11 is 0. The molecule has 2 N–H and O–H groups in total. The second-order valence-corrected chi connectivity index (χ2v) is 5.60. The van der Waals surface area contributed by atoms with Crippen molar-refractivity contribution in [2.24, 2.45) is 5.41 Å². The summed E-state index contributed by atoms with van der Waals surface area (Å²) in [5.41, 5.74) is 0.206. The van der Waals surface area contributed by atoms with E-state index in [1.807, 2.05) is 52.9 Å². The number of aryl methyl sites for hydroxylation is 1. The summed E-state index contributed by atoms with van der Waals surface area (Å²) in [4.78, 5) is 4.24. The van der Waals surface area contributed by atoms with Crippen molar-refractivity contribution >= 4 is 5.82 Å². The number of pyridine rings is 1. The Kier molecular flexibility index (Phi) is 3.58.